The van der Waals surface area contributed by atoms with Gasteiger partial charge in [-0.1, -0.05) is 0 Å². The fraction of sp³-hybridized carbons (Fsp3) is 0.583. The minimum absolute atomic E-state index is 0.388. The van der Waals surface area contributed by atoms with Crippen LogP contribution >= 0.6 is 0 Å². The standard InChI is InChI=1S/C12H20N2O/c1-9-8-10(6-7-13-9)14-11(2,3)12(4,5)15/h6-8,15H,1-5H3,(H,13,14). The van der Waals surface area contributed by atoms with Gasteiger partial charge in [0.05, 0.1) is 11.1 Å². The molecular weight excluding hydrogens is 188 g/mol. The molecule has 0 saturated carbocycles. The van der Waals surface area contributed by atoms with Crippen molar-refractivity contribution in [3.8, 4) is 0 Å². The van der Waals surface area contributed by atoms with Crippen molar-refractivity contribution in [3.63, 3.8) is 0 Å². The van der Waals surface area contributed by atoms with E-state index < -0.39 is 5.60 Å². The van der Waals surface area contributed by atoms with E-state index in [9.17, 15) is 5.11 Å². The summed E-state index contributed by atoms with van der Waals surface area (Å²) in [6.07, 6.45) is 1.76. The number of nitrogens with zero attached hydrogens (tertiary/aromatic N) is 1. The molecule has 0 aromatic carbocycles. The second kappa shape index (κ2) is 3.81. The summed E-state index contributed by atoms with van der Waals surface area (Å²) in [5.74, 6) is 0. The second-order valence-corrected chi connectivity index (χ2v) is 4.99. The molecule has 0 saturated heterocycles. The summed E-state index contributed by atoms with van der Waals surface area (Å²) < 4.78 is 0. The van der Waals surface area contributed by atoms with Crippen molar-refractivity contribution < 1.29 is 5.11 Å². The zero-order chi connectivity index (χ0) is 11.7. The molecule has 0 fully saturated rings. The Morgan fingerprint density at radius 1 is 1.27 bits per heavy atom. The normalized spacial score (nSPS) is 12.7. The van der Waals surface area contributed by atoms with Crippen molar-refractivity contribution in [1.29, 1.82) is 0 Å². The van der Waals surface area contributed by atoms with Crippen molar-refractivity contribution in [2.24, 2.45) is 0 Å². The number of aromatic nitrogens is 1. The monoisotopic (exact) mass is 208 g/mol. The summed E-state index contributed by atoms with van der Waals surface area (Å²) in [6.45, 7) is 9.50. The van der Waals surface area contributed by atoms with Gasteiger partial charge in [0.15, 0.2) is 0 Å². The lowest BCUT2D eigenvalue weighted by atomic mass is 9.86. The third kappa shape index (κ3) is 2.93. The van der Waals surface area contributed by atoms with Crippen LogP contribution in [0.25, 0.3) is 0 Å². The Morgan fingerprint density at radius 3 is 2.33 bits per heavy atom. The molecule has 84 valence electrons. The van der Waals surface area contributed by atoms with Crippen LogP contribution in [0.4, 0.5) is 5.69 Å². The Morgan fingerprint density at radius 2 is 1.87 bits per heavy atom. The maximum atomic E-state index is 10.00. The molecule has 3 heteroatoms. The van der Waals surface area contributed by atoms with E-state index in [1.165, 1.54) is 0 Å². The van der Waals surface area contributed by atoms with Crippen LogP contribution in [-0.4, -0.2) is 21.2 Å². The molecule has 0 aliphatic carbocycles. The minimum atomic E-state index is -0.788. The van der Waals surface area contributed by atoms with Crippen molar-refractivity contribution in [3.05, 3.63) is 24.0 Å². The average Bonchev–Trinajstić information content (AvgIpc) is 2.00. The van der Waals surface area contributed by atoms with Crippen LogP contribution < -0.4 is 5.32 Å². The molecule has 1 rings (SSSR count). The Hall–Kier alpha value is -1.09. The fourth-order valence-electron chi connectivity index (χ4n) is 1.14. The van der Waals surface area contributed by atoms with Crippen molar-refractivity contribution in [2.45, 2.75) is 45.8 Å². The van der Waals surface area contributed by atoms with Gasteiger partial charge in [0.25, 0.3) is 0 Å². The highest BCUT2D eigenvalue weighted by Gasteiger charge is 2.34. The predicted octanol–water partition coefficient (Wildman–Crippen LogP) is 2.35. The second-order valence-electron chi connectivity index (χ2n) is 4.99. The first-order valence-electron chi connectivity index (χ1n) is 5.15. The first kappa shape index (κ1) is 12.0. The van der Waals surface area contributed by atoms with Crippen LogP contribution in [0.15, 0.2) is 18.3 Å². The number of aryl methyl sites for hydroxylation is 1. The molecule has 0 atom stereocenters. The highest BCUT2D eigenvalue weighted by molar-refractivity contribution is 5.46. The van der Waals surface area contributed by atoms with Gasteiger partial charge in [0.2, 0.25) is 0 Å². The van der Waals surface area contributed by atoms with Gasteiger partial charge >= 0.3 is 0 Å². The van der Waals surface area contributed by atoms with Gasteiger partial charge in [-0.15, -0.1) is 0 Å². The van der Waals surface area contributed by atoms with E-state index in [0.29, 0.717) is 0 Å². The van der Waals surface area contributed by atoms with Gasteiger partial charge in [-0.3, -0.25) is 4.98 Å². The third-order valence-corrected chi connectivity index (χ3v) is 2.88. The molecule has 1 aromatic rings. The molecule has 1 aromatic heterocycles. The number of aliphatic hydroxyl groups is 1. The van der Waals surface area contributed by atoms with Gasteiger partial charge in [-0.05, 0) is 46.8 Å². The lowest BCUT2D eigenvalue weighted by Gasteiger charge is -2.38. The molecule has 0 amide bonds. The summed E-state index contributed by atoms with van der Waals surface area (Å²) in [4.78, 5) is 4.13. The minimum Gasteiger partial charge on any atom is -0.388 e. The van der Waals surface area contributed by atoms with Crippen LogP contribution in [0.1, 0.15) is 33.4 Å². The molecule has 3 nitrogen and oxygen atoms in total. The molecule has 0 radical (unpaired) electrons. The average molecular weight is 208 g/mol. The van der Waals surface area contributed by atoms with Gasteiger partial charge < -0.3 is 10.4 Å². The largest absolute Gasteiger partial charge is 0.388 e. The highest BCUT2D eigenvalue weighted by Crippen LogP contribution is 2.25. The number of nitrogens with one attached hydrogen (secondary N) is 1. The number of pyridine rings is 1. The summed E-state index contributed by atoms with van der Waals surface area (Å²) in [6, 6.07) is 3.87. The van der Waals surface area contributed by atoms with Crippen LogP contribution in [0.2, 0.25) is 0 Å². The first-order chi connectivity index (χ1) is 6.72. The summed E-state index contributed by atoms with van der Waals surface area (Å²) >= 11 is 0. The zero-order valence-corrected chi connectivity index (χ0v) is 10.1. The van der Waals surface area contributed by atoms with E-state index in [4.69, 9.17) is 0 Å². The predicted molar refractivity (Wildman–Crippen MR) is 63.0 cm³/mol. The van der Waals surface area contributed by atoms with E-state index >= 15 is 0 Å². The topological polar surface area (TPSA) is 45.1 Å². The zero-order valence-electron chi connectivity index (χ0n) is 10.1. The summed E-state index contributed by atoms with van der Waals surface area (Å²) in [5, 5.41) is 13.3. The van der Waals surface area contributed by atoms with Gasteiger partial charge in [-0.2, -0.15) is 0 Å². The lowest BCUT2D eigenvalue weighted by Crippen LogP contribution is -2.51. The number of anilines is 1. The smallest absolute Gasteiger partial charge is 0.0814 e. The molecule has 0 aliphatic heterocycles. The van der Waals surface area contributed by atoms with E-state index in [-0.39, 0.29) is 5.54 Å². The van der Waals surface area contributed by atoms with Crippen molar-refractivity contribution in [1.82, 2.24) is 4.98 Å². The molecule has 0 unspecified atom stereocenters. The van der Waals surface area contributed by atoms with Crippen LogP contribution in [0.5, 0.6) is 0 Å². The van der Waals surface area contributed by atoms with Crippen LogP contribution in [0.3, 0.4) is 0 Å². The number of hydrogen-bond donors (Lipinski definition) is 2. The Balaban J connectivity index is 2.87. The number of rotatable bonds is 3. The van der Waals surface area contributed by atoms with Gasteiger partial charge in [0, 0.05) is 17.6 Å². The summed E-state index contributed by atoms with van der Waals surface area (Å²) in [5.41, 5.74) is 0.770. The maximum absolute atomic E-state index is 10.00. The third-order valence-electron chi connectivity index (χ3n) is 2.88. The Kier molecular flexibility index (Phi) is 3.05. The molecule has 0 aliphatic rings. The molecule has 0 bridgehead atoms. The van der Waals surface area contributed by atoms with E-state index in [2.05, 4.69) is 10.3 Å². The first-order valence-corrected chi connectivity index (χ1v) is 5.15. The SMILES string of the molecule is Cc1cc(NC(C)(C)C(C)(C)O)ccn1. The van der Waals surface area contributed by atoms with Crippen LogP contribution in [0, 0.1) is 6.92 Å². The van der Waals surface area contributed by atoms with Gasteiger partial charge in [0.1, 0.15) is 0 Å². The van der Waals surface area contributed by atoms with Gasteiger partial charge in [-0.25, -0.2) is 0 Å². The molecule has 2 N–H and O–H groups in total. The van der Waals surface area contributed by atoms with Crippen LogP contribution in [-0.2, 0) is 0 Å². The molecule has 15 heavy (non-hydrogen) atoms. The highest BCUT2D eigenvalue weighted by atomic mass is 16.3. The molecule has 0 spiro atoms. The lowest BCUT2D eigenvalue weighted by molar-refractivity contribution is 0.0240. The fourth-order valence-corrected chi connectivity index (χ4v) is 1.14. The molecular formula is C12H20N2O. The molecule has 1 heterocycles. The van der Waals surface area contributed by atoms with E-state index in [1.54, 1.807) is 20.0 Å². The van der Waals surface area contributed by atoms with E-state index in [0.717, 1.165) is 11.4 Å². The maximum Gasteiger partial charge on any atom is 0.0814 e. The number of hydrogen-bond acceptors (Lipinski definition) is 3. The Labute approximate surface area is 91.5 Å². The van der Waals surface area contributed by atoms with Crippen molar-refractivity contribution in [2.75, 3.05) is 5.32 Å². The summed E-state index contributed by atoms with van der Waals surface area (Å²) in [7, 11) is 0. The quantitative estimate of drug-likeness (QED) is 0.801. The van der Waals surface area contributed by atoms with E-state index in [1.807, 2.05) is 32.9 Å². The van der Waals surface area contributed by atoms with Crippen molar-refractivity contribution >= 4 is 5.69 Å². The Bertz CT molecular complexity index is 340.